The van der Waals surface area contributed by atoms with Crippen molar-refractivity contribution < 1.29 is 10.0 Å². The maximum Gasteiger partial charge on any atom is 0.339 e. The lowest BCUT2D eigenvalue weighted by Gasteiger charge is -2.18. The summed E-state index contributed by atoms with van der Waals surface area (Å²) in [6.07, 6.45) is 0. The van der Waals surface area contributed by atoms with Crippen LogP contribution in [0, 0.1) is 0 Å². The molecule has 0 radical (unpaired) electrons. The highest BCUT2D eigenvalue weighted by Crippen LogP contribution is 2.31. The molecule has 1 atom stereocenters. The van der Waals surface area contributed by atoms with Crippen LogP contribution < -0.4 is 5.73 Å². The SMILES string of the molecule is CC(c1cc2ccccc2s1)N(O)C(N)=O.Cl. The fraction of sp³-hybridized carbons (Fsp3) is 0.182. The molecule has 0 aliphatic rings. The topological polar surface area (TPSA) is 66.6 Å². The van der Waals surface area contributed by atoms with Crippen molar-refractivity contribution in [2.45, 2.75) is 13.0 Å². The van der Waals surface area contributed by atoms with Gasteiger partial charge in [-0.15, -0.1) is 23.7 Å². The second kappa shape index (κ2) is 5.35. The van der Waals surface area contributed by atoms with E-state index in [1.54, 1.807) is 18.3 Å². The number of thiophene rings is 1. The molecule has 6 heteroatoms. The summed E-state index contributed by atoms with van der Waals surface area (Å²) >= 11 is 1.54. The monoisotopic (exact) mass is 272 g/mol. The molecule has 0 bridgehead atoms. The molecule has 0 saturated carbocycles. The van der Waals surface area contributed by atoms with Crippen molar-refractivity contribution >= 4 is 39.9 Å². The Kier molecular flexibility index (Phi) is 4.34. The predicted octanol–water partition coefficient (Wildman–Crippen LogP) is 3.15. The Hall–Kier alpha value is -1.30. The highest BCUT2D eigenvalue weighted by molar-refractivity contribution is 7.19. The molecule has 2 rings (SSSR count). The van der Waals surface area contributed by atoms with Crippen LogP contribution in [0.5, 0.6) is 0 Å². The van der Waals surface area contributed by atoms with E-state index in [4.69, 9.17) is 5.73 Å². The molecule has 0 fully saturated rings. The van der Waals surface area contributed by atoms with Crippen LogP contribution in [0.1, 0.15) is 17.8 Å². The molecule has 0 saturated heterocycles. The Labute approximate surface area is 109 Å². The fourth-order valence-corrected chi connectivity index (χ4v) is 2.62. The minimum Gasteiger partial charge on any atom is -0.350 e. The highest BCUT2D eigenvalue weighted by atomic mass is 35.5. The van der Waals surface area contributed by atoms with E-state index in [1.165, 1.54) is 0 Å². The van der Waals surface area contributed by atoms with Gasteiger partial charge in [-0.25, -0.2) is 4.79 Å². The van der Waals surface area contributed by atoms with E-state index in [-0.39, 0.29) is 12.4 Å². The summed E-state index contributed by atoms with van der Waals surface area (Å²) < 4.78 is 1.13. The number of hydrogen-bond acceptors (Lipinski definition) is 3. The number of fused-ring (bicyclic) bond motifs is 1. The second-order valence-electron chi connectivity index (χ2n) is 3.55. The average Bonchev–Trinajstić information content (AvgIpc) is 2.70. The van der Waals surface area contributed by atoms with E-state index >= 15 is 0 Å². The molecule has 92 valence electrons. The molecule has 0 aliphatic heterocycles. The molecule has 1 aromatic carbocycles. The van der Waals surface area contributed by atoms with Gasteiger partial charge in [-0.1, -0.05) is 18.2 Å². The molecule has 2 amide bonds. The zero-order valence-corrected chi connectivity index (χ0v) is 10.8. The molecule has 2 aromatic rings. The number of primary amides is 1. The summed E-state index contributed by atoms with van der Waals surface area (Å²) in [5, 5.41) is 11.1. The van der Waals surface area contributed by atoms with Crippen molar-refractivity contribution in [1.82, 2.24) is 5.06 Å². The molecule has 1 unspecified atom stereocenters. The lowest BCUT2D eigenvalue weighted by atomic mass is 10.2. The van der Waals surface area contributed by atoms with Crippen LogP contribution in [0.25, 0.3) is 10.1 Å². The minimum atomic E-state index is -0.843. The third-order valence-corrected chi connectivity index (χ3v) is 3.74. The van der Waals surface area contributed by atoms with Gasteiger partial charge in [0.2, 0.25) is 0 Å². The van der Waals surface area contributed by atoms with Gasteiger partial charge < -0.3 is 5.73 Å². The first-order valence-electron chi connectivity index (χ1n) is 4.85. The number of carbonyl (C=O) groups excluding carboxylic acids is 1. The summed E-state index contributed by atoms with van der Waals surface area (Å²) in [6, 6.07) is 8.60. The van der Waals surface area contributed by atoms with Crippen LogP contribution in [-0.4, -0.2) is 16.3 Å². The highest BCUT2D eigenvalue weighted by Gasteiger charge is 2.18. The molecular weight excluding hydrogens is 260 g/mol. The van der Waals surface area contributed by atoms with Gasteiger partial charge in [-0.3, -0.25) is 5.21 Å². The molecular formula is C11H13ClN2O2S. The maximum atomic E-state index is 10.8. The average molecular weight is 273 g/mol. The van der Waals surface area contributed by atoms with Gasteiger partial charge >= 0.3 is 6.03 Å². The first-order valence-corrected chi connectivity index (χ1v) is 5.67. The van der Waals surface area contributed by atoms with E-state index in [2.05, 4.69) is 0 Å². The lowest BCUT2D eigenvalue weighted by molar-refractivity contribution is -0.0700. The standard InChI is InChI=1S/C11H12N2O2S.ClH/c1-7(13(15)11(12)14)10-6-8-4-2-3-5-9(8)16-10;/h2-7,15H,1H3,(H2,12,14);1H. The first-order chi connectivity index (χ1) is 7.59. The van der Waals surface area contributed by atoms with Crippen molar-refractivity contribution in [2.24, 2.45) is 5.73 Å². The van der Waals surface area contributed by atoms with Crippen LogP contribution in [0.4, 0.5) is 4.79 Å². The number of carbonyl (C=O) groups is 1. The van der Waals surface area contributed by atoms with Crippen LogP contribution in [0.15, 0.2) is 30.3 Å². The molecule has 4 nitrogen and oxygen atoms in total. The zero-order valence-electron chi connectivity index (χ0n) is 9.16. The Bertz CT molecular complexity index is 496. The molecule has 3 N–H and O–H groups in total. The van der Waals surface area contributed by atoms with E-state index < -0.39 is 12.1 Å². The van der Waals surface area contributed by atoms with E-state index in [0.717, 1.165) is 15.0 Å². The smallest absolute Gasteiger partial charge is 0.339 e. The quantitative estimate of drug-likeness (QED) is 0.651. The lowest BCUT2D eigenvalue weighted by Crippen LogP contribution is -2.34. The summed E-state index contributed by atoms with van der Waals surface area (Å²) in [7, 11) is 0. The Balaban J connectivity index is 0.00000144. The van der Waals surface area contributed by atoms with Gasteiger partial charge in [0.05, 0.1) is 6.04 Å². The Morgan fingerprint density at radius 3 is 2.71 bits per heavy atom. The number of hydroxylamine groups is 2. The van der Waals surface area contributed by atoms with Crippen molar-refractivity contribution in [3.05, 3.63) is 35.2 Å². The van der Waals surface area contributed by atoms with E-state index in [1.807, 2.05) is 30.3 Å². The summed E-state index contributed by atoms with van der Waals surface area (Å²) in [5.41, 5.74) is 5.01. The fourth-order valence-electron chi connectivity index (χ4n) is 1.52. The van der Waals surface area contributed by atoms with Gasteiger partial charge in [-0.05, 0) is 24.4 Å². The largest absolute Gasteiger partial charge is 0.350 e. The molecule has 0 aliphatic carbocycles. The number of benzene rings is 1. The van der Waals surface area contributed by atoms with Crippen LogP contribution in [0.3, 0.4) is 0 Å². The second-order valence-corrected chi connectivity index (χ2v) is 4.66. The van der Waals surface area contributed by atoms with Crippen LogP contribution in [0.2, 0.25) is 0 Å². The van der Waals surface area contributed by atoms with Crippen molar-refractivity contribution in [3.8, 4) is 0 Å². The maximum absolute atomic E-state index is 10.8. The number of nitrogens with zero attached hydrogens (tertiary/aromatic N) is 1. The van der Waals surface area contributed by atoms with E-state index in [0.29, 0.717) is 5.06 Å². The predicted molar refractivity (Wildman–Crippen MR) is 70.7 cm³/mol. The minimum absolute atomic E-state index is 0. The Morgan fingerprint density at radius 1 is 1.47 bits per heavy atom. The summed E-state index contributed by atoms with van der Waals surface area (Å²) in [4.78, 5) is 11.7. The van der Waals surface area contributed by atoms with Gasteiger partial charge in [0.1, 0.15) is 0 Å². The van der Waals surface area contributed by atoms with Crippen molar-refractivity contribution in [3.63, 3.8) is 0 Å². The zero-order chi connectivity index (χ0) is 11.7. The number of nitrogens with two attached hydrogens (primary N) is 1. The number of rotatable bonds is 2. The molecule has 1 heterocycles. The van der Waals surface area contributed by atoms with Crippen molar-refractivity contribution in [2.75, 3.05) is 0 Å². The molecule has 0 spiro atoms. The summed E-state index contributed by atoms with van der Waals surface area (Å²) in [5.74, 6) is 0. The van der Waals surface area contributed by atoms with Crippen LogP contribution >= 0.6 is 23.7 Å². The third kappa shape index (κ3) is 2.69. The summed E-state index contributed by atoms with van der Waals surface area (Å²) in [6.45, 7) is 1.73. The molecule has 1 aromatic heterocycles. The van der Waals surface area contributed by atoms with E-state index in [9.17, 15) is 10.0 Å². The number of urea groups is 1. The van der Waals surface area contributed by atoms with Gasteiger partial charge in [0.25, 0.3) is 0 Å². The van der Waals surface area contributed by atoms with Crippen molar-refractivity contribution in [1.29, 1.82) is 0 Å². The van der Waals surface area contributed by atoms with Gasteiger partial charge in [-0.2, -0.15) is 5.06 Å². The van der Waals surface area contributed by atoms with Crippen LogP contribution in [-0.2, 0) is 0 Å². The molecule has 17 heavy (non-hydrogen) atoms. The van der Waals surface area contributed by atoms with Gasteiger partial charge in [0.15, 0.2) is 0 Å². The Morgan fingerprint density at radius 2 is 2.12 bits per heavy atom. The number of amides is 2. The third-order valence-electron chi connectivity index (χ3n) is 2.45. The number of halogens is 1. The number of hydrogen-bond donors (Lipinski definition) is 2. The van der Waals surface area contributed by atoms with Gasteiger partial charge in [0, 0.05) is 9.58 Å². The first kappa shape index (κ1) is 13.8. The normalized spacial score (nSPS) is 11.9.